The molecule has 39 heavy (non-hydrogen) atoms. The predicted octanol–water partition coefficient (Wildman–Crippen LogP) is 9.22. The molecule has 3 nitrogen and oxygen atoms in total. The van der Waals surface area contributed by atoms with E-state index >= 15 is 0 Å². The molecule has 2 N–H and O–H groups in total. The van der Waals surface area contributed by atoms with Crippen molar-refractivity contribution in [1.82, 2.24) is 0 Å². The fourth-order valence-electron chi connectivity index (χ4n) is 5.17. The average Bonchev–Trinajstić information content (AvgIpc) is 2.95. The Morgan fingerprint density at radius 3 is 1.00 bits per heavy atom. The first kappa shape index (κ1) is 26.1. The van der Waals surface area contributed by atoms with Crippen molar-refractivity contribution < 1.29 is 10.2 Å². The molecular weight excluding hydrogens is 478 g/mol. The van der Waals surface area contributed by atoms with Gasteiger partial charge >= 0.3 is 0 Å². The molecule has 0 amide bonds. The van der Waals surface area contributed by atoms with Gasteiger partial charge in [-0.3, -0.25) is 0 Å². The lowest BCUT2D eigenvalue weighted by atomic mass is 9.78. The number of nitrogens with zero attached hydrogens (tertiary/aromatic N) is 1. The van der Waals surface area contributed by atoms with Crippen molar-refractivity contribution in [3.63, 3.8) is 0 Å². The Morgan fingerprint density at radius 2 is 0.667 bits per heavy atom. The summed E-state index contributed by atoms with van der Waals surface area (Å²) in [5.41, 5.74) is 7.56. The van der Waals surface area contributed by atoms with Crippen LogP contribution in [-0.2, 0) is 10.8 Å². The first-order valence-corrected chi connectivity index (χ1v) is 13.3. The first-order valence-electron chi connectivity index (χ1n) is 13.3. The standard InChI is InChI=1S/C36H35NO2/c1-35(2,28-14-22-33(38)23-15-28)26-10-18-31(19-11-26)37(30-8-6-5-7-9-30)32-20-12-27(13-21-32)36(3,4)29-16-24-34(39)25-17-29/h5-25,38-39H,1-4H3. The molecule has 0 heterocycles. The lowest BCUT2D eigenvalue weighted by Gasteiger charge is -2.30. The summed E-state index contributed by atoms with van der Waals surface area (Å²) in [6.45, 7) is 8.83. The molecule has 0 aliphatic heterocycles. The molecule has 0 radical (unpaired) electrons. The summed E-state index contributed by atoms with van der Waals surface area (Å²) in [5.74, 6) is 0.557. The molecule has 0 fully saturated rings. The number of rotatable bonds is 7. The molecule has 0 bridgehead atoms. The van der Waals surface area contributed by atoms with E-state index in [1.54, 1.807) is 24.3 Å². The number of phenols is 2. The quantitative estimate of drug-likeness (QED) is 0.228. The lowest BCUT2D eigenvalue weighted by Crippen LogP contribution is -2.19. The lowest BCUT2D eigenvalue weighted by molar-refractivity contribution is 0.474. The second-order valence-electron chi connectivity index (χ2n) is 11.1. The third kappa shape index (κ3) is 5.26. The highest BCUT2D eigenvalue weighted by molar-refractivity contribution is 5.76. The van der Waals surface area contributed by atoms with Crippen molar-refractivity contribution >= 4 is 17.1 Å². The van der Waals surface area contributed by atoms with Gasteiger partial charge in [0.25, 0.3) is 0 Å². The van der Waals surface area contributed by atoms with Gasteiger partial charge in [-0.15, -0.1) is 0 Å². The third-order valence-corrected chi connectivity index (χ3v) is 7.89. The Hall–Kier alpha value is -4.50. The van der Waals surface area contributed by atoms with Crippen molar-refractivity contribution in [3.05, 3.63) is 150 Å². The third-order valence-electron chi connectivity index (χ3n) is 7.89. The normalized spacial score (nSPS) is 11.8. The summed E-state index contributed by atoms with van der Waals surface area (Å²) >= 11 is 0. The van der Waals surface area contributed by atoms with Crippen LogP contribution < -0.4 is 4.90 Å². The van der Waals surface area contributed by atoms with Gasteiger partial charge in [-0.1, -0.05) is 94.4 Å². The van der Waals surface area contributed by atoms with Gasteiger partial charge in [0.1, 0.15) is 11.5 Å². The van der Waals surface area contributed by atoms with Crippen LogP contribution >= 0.6 is 0 Å². The van der Waals surface area contributed by atoms with Crippen LogP contribution in [0.3, 0.4) is 0 Å². The highest BCUT2D eigenvalue weighted by atomic mass is 16.3. The predicted molar refractivity (Wildman–Crippen MR) is 162 cm³/mol. The van der Waals surface area contributed by atoms with Crippen LogP contribution in [0.5, 0.6) is 11.5 Å². The van der Waals surface area contributed by atoms with E-state index in [1.807, 2.05) is 30.3 Å². The zero-order valence-electron chi connectivity index (χ0n) is 23.0. The zero-order chi connectivity index (χ0) is 27.6. The molecule has 0 aromatic heterocycles. The van der Waals surface area contributed by atoms with Crippen LogP contribution in [0.1, 0.15) is 49.9 Å². The monoisotopic (exact) mass is 513 g/mol. The summed E-state index contributed by atoms with van der Waals surface area (Å²) in [6.07, 6.45) is 0. The van der Waals surface area contributed by atoms with E-state index in [0.29, 0.717) is 0 Å². The van der Waals surface area contributed by atoms with E-state index < -0.39 is 0 Å². The van der Waals surface area contributed by atoms with Gasteiger partial charge in [-0.2, -0.15) is 0 Å². The van der Waals surface area contributed by atoms with Gasteiger partial charge in [-0.25, -0.2) is 0 Å². The molecule has 0 saturated heterocycles. The fraction of sp³-hybridized carbons (Fsp3) is 0.167. The number of hydrogen-bond acceptors (Lipinski definition) is 3. The molecule has 5 rings (SSSR count). The number of anilines is 3. The largest absolute Gasteiger partial charge is 0.508 e. The highest BCUT2D eigenvalue weighted by Crippen LogP contribution is 2.39. The van der Waals surface area contributed by atoms with Crippen molar-refractivity contribution in [2.75, 3.05) is 4.90 Å². The van der Waals surface area contributed by atoms with Crippen LogP contribution in [0.2, 0.25) is 0 Å². The number of aromatic hydroxyl groups is 2. The maximum Gasteiger partial charge on any atom is 0.115 e. The van der Waals surface area contributed by atoms with Gasteiger partial charge < -0.3 is 15.1 Å². The Morgan fingerprint density at radius 1 is 0.385 bits per heavy atom. The van der Waals surface area contributed by atoms with Crippen molar-refractivity contribution in [2.24, 2.45) is 0 Å². The molecule has 5 aromatic rings. The molecule has 0 saturated carbocycles. The van der Waals surface area contributed by atoms with Crippen LogP contribution in [0, 0.1) is 0 Å². The minimum atomic E-state index is -0.203. The molecular formula is C36H35NO2. The van der Waals surface area contributed by atoms with Crippen molar-refractivity contribution in [1.29, 1.82) is 0 Å². The van der Waals surface area contributed by atoms with E-state index in [0.717, 1.165) is 28.2 Å². The van der Waals surface area contributed by atoms with E-state index in [4.69, 9.17) is 0 Å². The van der Waals surface area contributed by atoms with E-state index in [9.17, 15) is 10.2 Å². The molecule has 0 atom stereocenters. The minimum absolute atomic E-state index is 0.203. The summed E-state index contributed by atoms with van der Waals surface area (Å²) < 4.78 is 0. The van der Waals surface area contributed by atoms with Crippen molar-refractivity contribution in [3.8, 4) is 11.5 Å². The van der Waals surface area contributed by atoms with Crippen molar-refractivity contribution in [2.45, 2.75) is 38.5 Å². The number of hydrogen-bond donors (Lipinski definition) is 2. The minimum Gasteiger partial charge on any atom is -0.508 e. The maximum absolute atomic E-state index is 9.72. The Kier molecular flexibility index (Phi) is 6.93. The average molecular weight is 514 g/mol. The molecule has 0 aliphatic carbocycles. The first-order chi connectivity index (χ1) is 18.7. The SMILES string of the molecule is CC(C)(c1ccc(O)cc1)c1ccc(N(c2ccccc2)c2ccc(C(C)(C)c3ccc(O)cc3)cc2)cc1. The maximum atomic E-state index is 9.72. The van der Waals surface area contributed by atoms with E-state index in [2.05, 4.69) is 105 Å². The van der Waals surface area contributed by atoms with Gasteiger partial charge in [0.15, 0.2) is 0 Å². The molecule has 3 heteroatoms. The molecule has 196 valence electrons. The summed E-state index contributed by atoms with van der Waals surface area (Å²) in [5, 5.41) is 19.4. The number of para-hydroxylation sites is 1. The second kappa shape index (κ2) is 10.3. The summed E-state index contributed by atoms with van der Waals surface area (Å²) in [4.78, 5) is 2.27. The fourth-order valence-corrected chi connectivity index (χ4v) is 5.17. The van der Waals surface area contributed by atoms with Gasteiger partial charge in [0.2, 0.25) is 0 Å². The van der Waals surface area contributed by atoms with Gasteiger partial charge in [0, 0.05) is 27.9 Å². The van der Waals surface area contributed by atoms with Gasteiger partial charge in [0.05, 0.1) is 0 Å². The van der Waals surface area contributed by atoms with Crippen LogP contribution in [0.25, 0.3) is 0 Å². The molecule has 0 spiro atoms. The summed E-state index contributed by atoms with van der Waals surface area (Å²) in [7, 11) is 0. The second-order valence-corrected chi connectivity index (χ2v) is 11.1. The highest BCUT2D eigenvalue weighted by Gasteiger charge is 2.25. The molecule has 0 unspecified atom stereocenters. The van der Waals surface area contributed by atoms with Crippen LogP contribution in [0.15, 0.2) is 127 Å². The van der Waals surface area contributed by atoms with E-state index in [-0.39, 0.29) is 22.3 Å². The van der Waals surface area contributed by atoms with Crippen LogP contribution in [0.4, 0.5) is 17.1 Å². The van der Waals surface area contributed by atoms with Gasteiger partial charge in [-0.05, 0) is 82.9 Å². The Bertz CT molecular complexity index is 1420. The number of phenolic OH excluding ortho intramolecular Hbond substituents is 2. The summed E-state index contributed by atoms with van der Waals surface area (Å²) in [6, 6.07) is 42.8. The number of benzene rings is 5. The van der Waals surface area contributed by atoms with E-state index in [1.165, 1.54) is 11.1 Å². The Balaban J connectivity index is 1.49. The molecule has 0 aliphatic rings. The zero-order valence-corrected chi connectivity index (χ0v) is 23.0. The smallest absolute Gasteiger partial charge is 0.115 e. The molecule has 5 aromatic carbocycles. The topological polar surface area (TPSA) is 43.7 Å². The Labute approximate surface area is 231 Å². The van der Waals surface area contributed by atoms with Crippen LogP contribution in [-0.4, -0.2) is 10.2 Å².